The molecule has 2 aromatic carbocycles. The molecule has 2 N–H and O–H groups in total. The fourth-order valence-corrected chi connectivity index (χ4v) is 5.25. The number of alkyl carbamates (subject to hydrolysis) is 1. The van der Waals surface area contributed by atoms with E-state index < -0.39 is 34.8 Å². The summed E-state index contributed by atoms with van der Waals surface area (Å²) in [5.74, 6) is 0.125. The molecule has 0 radical (unpaired) electrons. The highest BCUT2D eigenvalue weighted by Crippen LogP contribution is 2.38. The average molecular weight is 566 g/mol. The number of aryl methyl sites for hydroxylation is 1. The van der Waals surface area contributed by atoms with Gasteiger partial charge in [0.15, 0.2) is 0 Å². The quantitative estimate of drug-likeness (QED) is 0.492. The second kappa shape index (κ2) is 12.5. The van der Waals surface area contributed by atoms with Crippen LogP contribution in [0, 0.1) is 0 Å². The van der Waals surface area contributed by atoms with Crippen LogP contribution in [0.15, 0.2) is 54.6 Å². The SMILES string of the molecule is CC(C)(C)OC(=O)NC(C)(C)C(=O)N[C@H](COCc1ccccc1)C(=O)N1CCC[C@@]2(CCc3ccccc3O2)C1. The van der Waals surface area contributed by atoms with Gasteiger partial charge in [0.25, 0.3) is 0 Å². The van der Waals surface area contributed by atoms with E-state index in [0.717, 1.165) is 37.0 Å². The highest BCUT2D eigenvalue weighted by atomic mass is 16.6. The number of likely N-dealkylation sites (tertiary alicyclic amines) is 1. The van der Waals surface area contributed by atoms with E-state index in [0.29, 0.717) is 19.7 Å². The normalized spacial score (nSPS) is 19.5. The van der Waals surface area contributed by atoms with Gasteiger partial charge in [-0.1, -0.05) is 48.5 Å². The molecule has 3 amide bonds. The Bertz CT molecular complexity index is 1230. The van der Waals surface area contributed by atoms with Crippen molar-refractivity contribution in [2.75, 3.05) is 19.7 Å². The first kappa shape index (κ1) is 30.4. The molecule has 1 fully saturated rings. The number of nitrogens with one attached hydrogen (secondary N) is 2. The van der Waals surface area contributed by atoms with Gasteiger partial charge in [-0.05, 0) is 77.5 Å². The molecule has 4 rings (SSSR count). The lowest BCUT2D eigenvalue weighted by Crippen LogP contribution is -2.62. The van der Waals surface area contributed by atoms with E-state index in [1.54, 1.807) is 39.5 Å². The molecular formula is C32H43N3O6. The van der Waals surface area contributed by atoms with Crippen LogP contribution in [-0.4, -0.2) is 65.3 Å². The number of carbonyl (C=O) groups excluding carboxylic acids is 3. The zero-order valence-corrected chi connectivity index (χ0v) is 24.8. The first-order chi connectivity index (χ1) is 19.4. The Morgan fingerprint density at radius 2 is 1.71 bits per heavy atom. The van der Waals surface area contributed by atoms with Gasteiger partial charge in [-0.25, -0.2) is 4.79 Å². The highest BCUT2D eigenvalue weighted by Gasteiger charge is 2.43. The van der Waals surface area contributed by atoms with Crippen LogP contribution in [0.5, 0.6) is 5.75 Å². The van der Waals surface area contributed by atoms with E-state index in [2.05, 4.69) is 16.7 Å². The summed E-state index contributed by atoms with van der Waals surface area (Å²) in [5, 5.41) is 5.47. The summed E-state index contributed by atoms with van der Waals surface area (Å²) >= 11 is 0. The molecule has 0 aromatic heterocycles. The number of fused-ring (bicyclic) bond motifs is 1. The summed E-state index contributed by atoms with van der Waals surface area (Å²) in [6, 6.07) is 16.7. The predicted octanol–water partition coefficient (Wildman–Crippen LogP) is 4.38. The number of rotatable bonds is 8. The molecular weight excluding hydrogens is 522 g/mol. The monoisotopic (exact) mass is 565 g/mol. The zero-order valence-electron chi connectivity index (χ0n) is 24.8. The minimum Gasteiger partial charge on any atom is -0.485 e. The van der Waals surface area contributed by atoms with Gasteiger partial charge in [-0.15, -0.1) is 0 Å². The number of carbonyl (C=O) groups is 3. The highest BCUT2D eigenvalue weighted by molar-refractivity contribution is 5.93. The standard InChI is InChI=1S/C32H43N3O6/c1-30(2,3)41-29(38)34-31(4,5)28(37)33-25(21-39-20-23-12-7-6-8-13-23)27(36)35-19-11-17-32(22-35)18-16-24-14-9-10-15-26(24)40-32/h6-10,12-15,25H,11,16-22H2,1-5H3,(H,33,37)(H,34,38)/t25-,32-/m1/s1. The molecule has 41 heavy (non-hydrogen) atoms. The topological polar surface area (TPSA) is 106 Å². The van der Waals surface area contributed by atoms with E-state index in [9.17, 15) is 14.4 Å². The van der Waals surface area contributed by atoms with Crippen LogP contribution in [0.25, 0.3) is 0 Å². The van der Waals surface area contributed by atoms with E-state index in [4.69, 9.17) is 14.2 Å². The van der Waals surface area contributed by atoms with Crippen molar-refractivity contribution in [3.63, 3.8) is 0 Å². The summed E-state index contributed by atoms with van der Waals surface area (Å²) in [6.45, 7) is 9.67. The van der Waals surface area contributed by atoms with Crippen LogP contribution >= 0.6 is 0 Å². The summed E-state index contributed by atoms with van der Waals surface area (Å²) in [7, 11) is 0. The van der Waals surface area contributed by atoms with Crippen LogP contribution in [0.1, 0.15) is 65.0 Å². The molecule has 222 valence electrons. The van der Waals surface area contributed by atoms with E-state index in [1.165, 1.54) is 5.56 Å². The van der Waals surface area contributed by atoms with Crippen molar-refractivity contribution < 1.29 is 28.6 Å². The zero-order chi connectivity index (χ0) is 29.7. The maximum Gasteiger partial charge on any atom is 0.408 e. The van der Waals surface area contributed by atoms with Crippen molar-refractivity contribution in [2.45, 2.75) is 89.7 Å². The smallest absolute Gasteiger partial charge is 0.408 e. The fraction of sp³-hybridized carbons (Fsp3) is 0.531. The number of amides is 3. The lowest BCUT2D eigenvalue weighted by Gasteiger charge is -2.46. The average Bonchev–Trinajstić information content (AvgIpc) is 2.91. The lowest BCUT2D eigenvalue weighted by atomic mass is 9.84. The van der Waals surface area contributed by atoms with Gasteiger partial charge in [-0.3, -0.25) is 9.59 Å². The first-order valence-corrected chi connectivity index (χ1v) is 14.4. The van der Waals surface area contributed by atoms with Gasteiger partial charge in [0, 0.05) is 6.54 Å². The maximum atomic E-state index is 13.9. The molecule has 2 aliphatic rings. The third-order valence-corrected chi connectivity index (χ3v) is 7.38. The van der Waals surface area contributed by atoms with Crippen LogP contribution in [-0.2, 0) is 32.1 Å². The van der Waals surface area contributed by atoms with Crippen molar-refractivity contribution in [3.8, 4) is 5.75 Å². The van der Waals surface area contributed by atoms with Crippen LogP contribution in [0.3, 0.4) is 0 Å². The van der Waals surface area contributed by atoms with Crippen LogP contribution in [0.4, 0.5) is 4.79 Å². The molecule has 1 spiro atoms. The molecule has 0 bridgehead atoms. The Morgan fingerprint density at radius 3 is 2.44 bits per heavy atom. The summed E-state index contributed by atoms with van der Waals surface area (Å²) in [6.07, 6.45) is 2.66. The maximum absolute atomic E-state index is 13.9. The minimum atomic E-state index is -1.33. The molecule has 9 heteroatoms. The number of ether oxygens (including phenoxy) is 3. The lowest BCUT2D eigenvalue weighted by molar-refractivity contribution is -0.144. The Balaban J connectivity index is 1.46. The number of nitrogens with zero attached hydrogens (tertiary/aromatic N) is 1. The minimum absolute atomic E-state index is 0.0187. The molecule has 2 atom stereocenters. The Kier molecular flexibility index (Phi) is 9.27. The van der Waals surface area contributed by atoms with Crippen molar-refractivity contribution in [3.05, 3.63) is 65.7 Å². The number of hydrogen-bond acceptors (Lipinski definition) is 6. The molecule has 9 nitrogen and oxygen atoms in total. The third-order valence-electron chi connectivity index (χ3n) is 7.38. The van der Waals surface area contributed by atoms with Gasteiger partial charge >= 0.3 is 6.09 Å². The van der Waals surface area contributed by atoms with Crippen molar-refractivity contribution in [1.29, 1.82) is 0 Å². The number of piperidine rings is 1. The van der Waals surface area contributed by atoms with Crippen molar-refractivity contribution >= 4 is 17.9 Å². The third kappa shape index (κ3) is 8.22. The first-order valence-electron chi connectivity index (χ1n) is 14.4. The van der Waals surface area contributed by atoms with E-state index >= 15 is 0 Å². The van der Waals surface area contributed by atoms with Crippen LogP contribution in [0.2, 0.25) is 0 Å². The second-order valence-corrected chi connectivity index (χ2v) is 12.5. The fourth-order valence-electron chi connectivity index (χ4n) is 5.25. The van der Waals surface area contributed by atoms with Gasteiger partial charge in [0.1, 0.15) is 28.5 Å². The molecule has 1 saturated heterocycles. The van der Waals surface area contributed by atoms with Crippen molar-refractivity contribution in [2.24, 2.45) is 0 Å². The number of benzene rings is 2. The predicted molar refractivity (Wildman–Crippen MR) is 155 cm³/mol. The Hall–Kier alpha value is -3.59. The molecule has 2 aromatic rings. The molecule has 0 saturated carbocycles. The van der Waals surface area contributed by atoms with Gasteiger partial charge in [-0.2, -0.15) is 0 Å². The van der Waals surface area contributed by atoms with E-state index in [1.807, 2.05) is 48.5 Å². The summed E-state index contributed by atoms with van der Waals surface area (Å²) in [5.41, 5.74) is -0.366. The Labute approximate surface area is 242 Å². The summed E-state index contributed by atoms with van der Waals surface area (Å²) in [4.78, 5) is 41.5. The van der Waals surface area contributed by atoms with Gasteiger partial charge in [0.2, 0.25) is 11.8 Å². The van der Waals surface area contributed by atoms with Crippen molar-refractivity contribution in [1.82, 2.24) is 15.5 Å². The molecule has 0 unspecified atom stereocenters. The molecule has 2 heterocycles. The van der Waals surface area contributed by atoms with Gasteiger partial charge in [0.05, 0.1) is 19.8 Å². The summed E-state index contributed by atoms with van der Waals surface area (Å²) < 4.78 is 17.8. The van der Waals surface area contributed by atoms with E-state index in [-0.39, 0.29) is 12.5 Å². The largest absolute Gasteiger partial charge is 0.485 e. The number of hydrogen-bond donors (Lipinski definition) is 2. The Morgan fingerprint density at radius 1 is 1.00 bits per heavy atom. The molecule has 2 aliphatic heterocycles. The van der Waals surface area contributed by atoms with Gasteiger partial charge < -0.3 is 29.7 Å². The molecule has 0 aliphatic carbocycles. The second-order valence-electron chi connectivity index (χ2n) is 12.5. The number of para-hydroxylation sites is 1. The van der Waals surface area contributed by atoms with Crippen LogP contribution < -0.4 is 15.4 Å².